The number of ether oxygens (including phenoxy) is 1. The van der Waals surface area contributed by atoms with Crippen LogP contribution >= 0.6 is 23.2 Å². The van der Waals surface area contributed by atoms with E-state index in [9.17, 15) is 4.79 Å². The summed E-state index contributed by atoms with van der Waals surface area (Å²) in [5.41, 5.74) is 2.99. The Balaban J connectivity index is 1.29. The first-order valence-corrected chi connectivity index (χ1v) is 10.9. The molecule has 2 aromatic carbocycles. The molecule has 0 N–H and O–H groups in total. The van der Waals surface area contributed by atoms with Gasteiger partial charge in [0, 0.05) is 43.9 Å². The molecule has 2 heterocycles. The first-order valence-electron chi connectivity index (χ1n) is 10.2. The summed E-state index contributed by atoms with van der Waals surface area (Å²) in [6.45, 7) is 6.23. The number of rotatable bonds is 6. The summed E-state index contributed by atoms with van der Waals surface area (Å²) < 4.78 is 7.25. The lowest BCUT2D eigenvalue weighted by molar-refractivity contribution is 0.0621. The Bertz CT molecular complexity index is 1060. The maximum Gasteiger partial charge on any atom is 0.274 e. The van der Waals surface area contributed by atoms with E-state index in [-0.39, 0.29) is 12.6 Å². The third-order valence-electron chi connectivity index (χ3n) is 5.25. The zero-order valence-corrected chi connectivity index (χ0v) is 18.8. The van der Waals surface area contributed by atoms with Crippen molar-refractivity contribution in [3.8, 4) is 5.75 Å². The maximum absolute atomic E-state index is 12.8. The van der Waals surface area contributed by atoms with Crippen molar-refractivity contribution in [2.75, 3.05) is 26.2 Å². The van der Waals surface area contributed by atoms with Gasteiger partial charge < -0.3 is 9.64 Å². The highest BCUT2D eigenvalue weighted by Gasteiger charge is 2.23. The summed E-state index contributed by atoms with van der Waals surface area (Å²) >= 11 is 12.0. The summed E-state index contributed by atoms with van der Waals surface area (Å²) in [4.78, 5) is 17.1. The Morgan fingerprint density at radius 2 is 1.87 bits per heavy atom. The molecule has 0 spiro atoms. The molecule has 0 aliphatic carbocycles. The number of aryl methyl sites for hydroxylation is 1. The van der Waals surface area contributed by atoms with Crippen molar-refractivity contribution in [3.63, 3.8) is 0 Å². The Hall–Kier alpha value is -2.54. The topological polar surface area (TPSA) is 50.6 Å². The molecule has 1 aliphatic heterocycles. The van der Waals surface area contributed by atoms with E-state index in [0.717, 1.165) is 19.6 Å². The fourth-order valence-corrected chi connectivity index (χ4v) is 4.08. The van der Waals surface area contributed by atoms with Crippen LogP contribution in [0, 0.1) is 6.92 Å². The molecule has 6 nitrogen and oxygen atoms in total. The van der Waals surface area contributed by atoms with Crippen LogP contribution < -0.4 is 4.74 Å². The number of hydrogen-bond donors (Lipinski definition) is 0. The summed E-state index contributed by atoms with van der Waals surface area (Å²) in [5.74, 6) is 0.456. The molecule has 3 aromatic rings. The predicted molar refractivity (Wildman–Crippen MR) is 122 cm³/mol. The van der Waals surface area contributed by atoms with E-state index in [1.807, 2.05) is 4.90 Å². The van der Waals surface area contributed by atoms with E-state index in [1.165, 1.54) is 11.1 Å². The third-order valence-corrected chi connectivity index (χ3v) is 5.78. The summed E-state index contributed by atoms with van der Waals surface area (Å²) in [7, 11) is 0. The second-order valence-electron chi connectivity index (χ2n) is 7.65. The van der Waals surface area contributed by atoms with Gasteiger partial charge in [-0.25, -0.2) is 4.68 Å². The standard InChI is InChI=1S/C23H24Cl2N4O2/c1-17-3-2-4-18(13-17)15-27-9-11-28(12-10-27)23(30)21-7-8-29(26-21)16-31-22-6-5-19(24)14-20(22)25/h2-8,13-14H,9-12,15-16H2,1H3. The fraction of sp³-hybridized carbons (Fsp3) is 0.304. The van der Waals surface area contributed by atoms with Gasteiger partial charge in [-0.05, 0) is 36.8 Å². The van der Waals surface area contributed by atoms with E-state index in [1.54, 1.807) is 35.1 Å². The van der Waals surface area contributed by atoms with Crippen LogP contribution in [0.1, 0.15) is 21.6 Å². The van der Waals surface area contributed by atoms with Crippen LogP contribution in [0.2, 0.25) is 10.0 Å². The Morgan fingerprint density at radius 1 is 1.06 bits per heavy atom. The van der Waals surface area contributed by atoms with E-state index >= 15 is 0 Å². The van der Waals surface area contributed by atoms with Crippen molar-refractivity contribution >= 4 is 29.1 Å². The van der Waals surface area contributed by atoms with Crippen LogP contribution in [0.4, 0.5) is 0 Å². The molecule has 0 radical (unpaired) electrons. The van der Waals surface area contributed by atoms with Gasteiger partial charge in [-0.15, -0.1) is 0 Å². The highest BCUT2D eigenvalue weighted by Crippen LogP contribution is 2.27. The predicted octanol–water partition coefficient (Wildman–Crippen LogP) is 4.49. The normalized spacial score (nSPS) is 14.6. The number of carbonyl (C=O) groups is 1. The van der Waals surface area contributed by atoms with Crippen LogP contribution in [-0.4, -0.2) is 51.7 Å². The van der Waals surface area contributed by atoms with Gasteiger partial charge in [-0.3, -0.25) is 9.69 Å². The van der Waals surface area contributed by atoms with E-state index in [4.69, 9.17) is 27.9 Å². The maximum atomic E-state index is 12.8. The number of carbonyl (C=O) groups excluding carboxylic acids is 1. The molecule has 1 aliphatic rings. The van der Waals surface area contributed by atoms with Gasteiger partial charge in [0.05, 0.1) is 5.02 Å². The molecule has 4 rings (SSSR count). The molecular weight excluding hydrogens is 435 g/mol. The first-order chi connectivity index (χ1) is 15.0. The number of hydrogen-bond acceptors (Lipinski definition) is 4. The first kappa shape index (κ1) is 21.7. The molecular formula is C23H24Cl2N4O2. The second-order valence-corrected chi connectivity index (χ2v) is 8.49. The average molecular weight is 459 g/mol. The van der Waals surface area contributed by atoms with Crippen LogP contribution in [0.5, 0.6) is 5.75 Å². The average Bonchev–Trinajstić information content (AvgIpc) is 3.22. The monoisotopic (exact) mass is 458 g/mol. The lowest BCUT2D eigenvalue weighted by atomic mass is 10.1. The molecule has 0 unspecified atom stereocenters. The van der Waals surface area contributed by atoms with Gasteiger partial charge in [0.1, 0.15) is 5.75 Å². The molecule has 1 aromatic heterocycles. The lowest BCUT2D eigenvalue weighted by Gasteiger charge is -2.34. The summed E-state index contributed by atoms with van der Waals surface area (Å²) in [5, 5.41) is 5.34. The van der Waals surface area contributed by atoms with Gasteiger partial charge in [0.15, 0.2) is 12.4 Å². The van der Waals surface area contributed by atoms with E-state index in [0.29, 0.717) is 34.6 Å². The van der Waals surface area contributed by atoms with Crippen molar-refractivity contribution < 1.29 is 9.53 Å². The molecule has 0 saturated carbocycles. The van der Waals surface area contributed by atoms with E-state index in [2.05, 4.69) is 41.2 Å². The van der Waals surface area contributed by atoms with Gasteiger partial charge in [0.2, 0.25) is 0 Å². The molecule has 0 bridgehead atoms. The van der Waals surface area contributed by atoms with Gasteiger partial charge in [-0.2, -0.15) is 5.10 Å². The third kappa shape index (κ3) is 5.58. The van der Waals surface area contributed by atoms with Crippen molar-refractivity contribution in [1.29, 1.82) is 0 Å². The van der Waals surface area contributed by atoms with Gasteiger partial charge in [0.25, 0.3) is 5.91 Å². The Labute approximate surface area is 191 Å². The fourth-order valence-electron chi connectivity index (χ4n) is 3.62. The number of amides is 1. The molecule has 31 heavy (non-hydrogen) atoms. The molecule has 162 valence electrons. The zero-order valence-electron chi connectivity index (χ0n) is 17.3. The van der Waals surface area contributed by atoms with Crippen molar-refractivity contribution in [2.24, 2.45) is 0 Å². The van der Waals surface area contributed by atoms with Crippen LogP contribution in [0.25, 0.3) is 0 Å². The summed E-state index contributed by atoms with van der Waals surface area (Å²) in [6.07, 6.45) is 1.73. The minimum absolute atomic E-state index is 0.0570. The second kappa shape index (κ2) is 9.73. The number of piperazine rings is 1. The molecule has 1 fully saturated rings. The molecule has 1 amide bonds. The van der Waals surface area contributed by atoms with Crippen molar-refractivity contribution in [1.82, 2.24) is 19.6 Å². The number of nitrogens with zero attached hydrogens (tertiary/aromatic N) is 4. The Morgan fingerprint density at radius 3 is 2.61 bits per heavy atom. The van der Waals surface area contributed by atoms with E-state index < -0.39 is 0 Å². The van der Waals surface area contributed by atoms with Crippen LogP contribution in [0.3, 0.4) is 0 Å². The van der Waals surface area contributed by atoms with Gasteiger partial charge >= 0.3 is 0 Å². The summed E-state index contributed by atoms with van der Waals surface area (Å²) in [6, 6.07) is 15.3. The SMILES string of the molecule is Cc1cccc(CN2CCN(C(=O)c3ccn(COc4ccc(Cl)cc4Cl)n3)CC2)c1. The number of benzene rings is 2. The van der Waals surface area contributed by atoms with Crippen molar-refractivity contribution in [2.45, 2.75) is 20.2 Å². The quantitative estimate of drug-likeness (QED) is 0.545. The molecule has 1 saturated heterocycles. The smallest absolute Gasteiger partial charge is 0.274 e. The Kier molecular flexibility index (Phi) is 6.80. The lowest BCUT2D eigenvalue weighted by Crippen LogP contribution is -2.48. The van der Waals surface area contributed by atoms with Crippen molar-refractivity contribution in [3.05, 3.63) is 81.6 Å². The van der Waals surface area contributed by atoms with Crippen LogP contribution in [-0.2, 0) is 13.3 Å². The minimum Gasteiger partial charge on any atom is -0.470 e. The number of aromatic nitrogens is 2. The minimum atomic E-state index is -0.0570. The molecule has 0 atom stereocenters. The van der Waals surface area contributed by atoms with Crippen LogP contribution in [0.15, 0.2) is 54.7 Å². The molecule has 8 heteroatoms. The van der Waals surface area contributed by atoms with Gasteiger partial charge in [-0.1, -0.05) is 53.0 Å². The highest BCUT2D eigenvalue weighted by molar-refractivity contribution is 6.35. The zero-order chi connectivity index (χ0) is 21.8. The largest absolute Gasteiger partial charge is 0.470 e. The highest BCUT2D eigenvalue weighted by atomic mass is 35.5. The number of halogens is 2.